The highest BCUT2D eigenvalue weighted by Crippen LogP contribution is 2.34. The predicted molar refractivity (Wildman–Crippen MR) is 69.6 cm³/mol. The van der Waals surface area contributed by atoms with Crippen LogP contribution in [-0.2, 0) is 0 Å². The van der Waals surface area contributed by atoms with E-state index in [1.165, 1.54) is 11.5 Å². The van der Waals surface area contributed by atoms with Gasteiger partial charge in [-0.3, -0.25) is 0 Å². The average Bonchev–Trinajstić information content (AvgIpc) is 2.23. The first-order valence-electron chi connectivity index (χ1n) is 4.21. The van der Waals surface area contributed by atoms with Crippen molar-refractivity contribution in [1.29, 1.82) is 0 Å². The van der Waals surface area contributed by atoms with Gasteiger partial charge in [-0.25, -0.2) is 4.98 Å². The molecular formula is C8H9BrN2S3. The van der Waals surface area contributed by atoms with E-state index < -0.39 is 0 Å². The minimum atomic E-state index is 0.476. The van der Waals surface area contributed by atoms with Gasteiger partial charge >= 0.3 is 0 Å². The fourth-order valence-electron chi connectivity index (χ4n) is 1.20. The number of aromatic nitrogens is 2. The molecule has 2 nitrogen and oxygen atoms in total. The summed E-state index contributed by atoms with van der Waals surface area (Å²) in [4.78, 5) is 7.53. The van der Waals surface area contributed by atoms with Crippen LogP contribution in [-0.4, -0.2) is 27.2 Å². The monoisotopic (exact) mass is 308 g/mol. The SMILES string of the molecule is S=c1[nH]c(C2CSCCS2)ncc1Br. The number of nitrogens with one attached hydrogen (secondary N) is 1. The summed E-state index contributed by atoms with van der Waals surface area (Å²) in [7, 11) is 0. The maximum atomic E-state index is 5.15. The first kappa shape index (κ1) is 11.0. The van der Waals surface area contributed by atoms with Gasteiger partial charge in [0.2, 0.25) is 0 Å². The van der Waals surface area contributed by atoms with Crippen LogP contribution in [0.4, 0.5) is 0 Å². The summed E-state index contributed by atoms with van der Waals surface area (Å²) in [5.74, 6) is 4.59. The minimum Gasteiger partial charge on any atom is -0.333 e. The Bertz CT molecular complexity index is 373. The van der Waals surface area contributed by atoms with Crippen molar-refractivity contribution >= 4 is 51.7 Å². The Kier molecular flexibility index (Phi) is 3.93. The second-order valence-corrected chi connectivity index (χ2v) is 6.60. The Labute approximate surface area is 105 Å². The van der Waals surface area contributed by atoms with Crippen molar-refractivity contribution in [1.82, 2.24) is 9.97 Å². The number of aromatic amines is 1. The number of halogens is 1. The molecule has 0 radical (unpaired) electrons. The van der Waals surface area contributed by atoms with E-state index in [1.807, 2.05) is 23.5 Å². The molecule has 1 N–H and O–H groups in total. The molecule has 14 heavy (non-hydrogen) atoms. The van der Waals surface area contributed by atoms with Crippen LogP contribution in [0.5, 0.6) is 0 Å². The topological polar surface area (TPSA) is 28.7 Å². The molecule has 0 saturated carbocycles. The summed E-state index contributed by atoms with van der Waals surface area (Å²) in [6.45, 7) is 0. The van der Waals surface area contributed by atoms with Crippen LogP contribution in [0, 0.1) is 4.64 Å². The molecular weight excluding hydrogens is 300 g/mol. The molecule has 1 aliphatic rings. The van der Waals surface area contributed by atoms with Crippen LogP contribution in [0.15, 0.2) is 10.7 Å². The first-order chi connectivity index (χ1) is 6.77. The standard InChI is InChI=1S/C8H9BrN2S3/c9-5-3-10-7(11-8(5)12)6-4-13-1-2-14-6/h3,6H,1-2,4H2,(H,10,11,12). The molecule has 1 unspecified atom stereocenters. The summed E-state index contributed by atoms with van der Waals surface area (Å²) in [5.41, 5.74) is 0. The van der Waals surface area contributed by atoms with E-state index in [0.29, 0.717) is 5.25 Å². The van der Waals surface area contributed by atoms with Gasteiger partial charge in [-0.1, -0.05) is 12.2 Å². The summed E-state index contributed by atoms with van der Waals surface area (Å²) in [5, 5.41) is 0.476. The quantitative estimate of drug-likeness (QED) is 0.805. The van der Waals surface area contributed by atoms with Crippen molar-refractivity contribution in [3.63, 3.8) is 0 Å². The van der Waals surface area contributed by atoms with E-state index in [2.05, 4.69) is 25.9 Å². The van der Waals surface area contributed by atoms with E-state index in [-0.39, 0.29) is 0 Å². The lowest BCUT2D eigenvalue weighted by Crippen LogP contribution is -2.10. The lowest BCUT2D eigenvalue weighted by atomic mass is 10.4. The molecule has 2 heterocycles. The van der Waals surface area contributed by atoms with Gasteiger partial charge in [0.25, 0.3) is 0 Å². The van der Waals surface area contributed by atoms with Crippen molar-refractivity contribution < 1.29 is 0 Å². The number of hydrogen-bond donors (Lipinski definition) is 1. The van der Waals surface area contributed by atoms with Crippen LogP contribution >= 0.6 is 51.7 Å². The molecule has 0 aliphatic carbocycles. The van der Waals surface area contributed by atoms with E-state index in [0.717, 1.165) is 20.7 Å². The molecule has 0 aromatic carbocycles. The lowest BCUT2D eigenvalue weighted by Gasteiger charge is -2.19. The van der Waals surface area contributed by atoms with Crippen molar-refractivity contribution in [2.24, 2.45) is 0 Å². The van der Waals surface area contributed by atoms with E-state index in [9.17, 15) is 0 Å². The molecule has 1 atom stereocenters. The minimum absolute atomic E-state index is 0.476. The zero-order valence-corrected chi connectivity index (χ0v) is 11.4. The third-order valence-electron chi connectivity index (χ3n) is 1.90. The summed E-state index contributed by atoms with van der Waals surface area (Å²) >= 11 is 12.4. The number of thioether (sulfide) groups is 2. The van der Waals surface area contributed by atoms with Crippen LogP contribution < -0.4 is 0 Å². The number of nitrogens with zero attached hydrogens (tertiary/aromatic N) is 1. The second kappa shape index (κ2) is 5.01. The van der Waals surface area contributed by atoms with Gasteiger partial charge in [0, 0.05) is 23.5 Å². The summed E-state index contributed by atoms with van der Waals surface area (Å²) < 4.78 is 1.61. The smallest absolute Gasteiger partial charge is 0.121 e. The predicted octanol–water partition coefficient (Wildman–Crippen LogP) is 3.42. The van der Waals surface area contributed by atoms with Gasteiger partial charge in [0.15, 0.2) is 0 Å². The van der Waals surface area contributed by atoms with Crippen molar-refractivity contribution in [3.8, 4) is 0 Å². The van der Waals surface area contributed by atoms with Crippen LogP contribution in [0.1, 0.15) is 11.1 Å². The van der Waals surface area contributed by atoms with Gasteiger partial charge < -0.3 is 4.98 Å². The Morgan fingerprint density at radius 3 is 3.07 bits per heavy atom. The molecule has 76 valence electrons. The largest absolute Gasteiger partial charge is 0.333 e. The van der Waals surface area contributed by atoms with E-state index >= 15 is 0 Å². The molecule has 1 aromatic heterocycles. The number of rotatable bonds is 1. The van der Waals surface area contributed by atoms with Gasteiger partial charge in [0.05, 0.1) is 9.72 Å². The Hall–Kier alpha value is 0.480. The normalized spacial score (nSPS) is 22.2. The molecule has 6 heteroatoms. The van der Waals surface area contributed by atoms with Gasteiger partial charge in [-0.05, 0) is 15.9 Å². The molecule has 0 amide bonds. The van der Waals surface area contributed by atoms with Crippen LogP contribution in [0.25, 0.3) is 0 Å². The molecule has 1 fully saturated rings. The zero-order chi connectivity index (χ0) is 9.97. The summed E-state index contributed by atoms with van der Waals surface area (Å²) in [6, 6.07) is 0. The fraction of sp³-hybridized carbons (Fsp3) is 0.500. The molecule has 1 saturated heterocycles. The van der Waals surface area contributed by atoms with Crippen LogP contribution in [0.2, 0.25) is 0 Å². The Morgan fingerprint density at radius 2 is 2.43 bits per heavy atom. The average molecular weight is 309 g/mol. The van der Waals surface area contributed by atoms with Crippen molar-refractivity contribution in [3.05, 3.63) is 21.1 Å². The zero-order valence-electron chi connectivity index (χ0n) is 7.33. The highest BCUT2D eigenvalue weighted by Gasteiger charge is 2.18. The molecule has 1 aromatic rings. The Balaban J connectivity index is 2.23. The van der Waals surface area contributed by atoms with Crippen molar-refractivity contribution in [2.75, 3.05) is 17.3 Å². The van der Waals surface area contributed by atoms with Gasteiger partial charge in [0.1, 0.15) is 10.5 Å². The van der Waals surface area contributed by atoms with Crippen molar-refractivity contribution in [2.45, 2.75) is 5.25 Å². The molecule has 1 aliphatic heterocycles. The summed E-state index contributed by atoms with van der Waals surface area (Å²) in [6.07, 6.45) is 1.79. The maximum Gasteiger partial charge on any atom is 0.121 e. The molecule has 2 rings (SSSR count). The highest BCUT2D eigenvalue weighted by molar-refractivity contribution is 9.10. The number of hydrogen-bond acceptors (Lipinski definition) is 4. The highest BCUT2D eigenvalue weighted by atomic mass is 79.9. The Morgan fingerprint density at radius 1 is 1.57 bits per heavy atom. The van der Waals surface area contributed by atoms with Crippen LogP contribution in [0.3, 0.4) is 0 Å². The lowest BCUT2D eigenvalue weighted by molar-refractivity contribution is 0.912. The third kappa shape index (κ3) is 2.53. The first-order valence-corrected chi connectivity index (χ1v) is 7.62. The second-order valence-electron chi connectivity index (χ2n) is 2.88. The van der Waals surface area contributed by atoms with E-state index in [1.54, 1.807) is 6.20 Å². The molecule has 0 spiro atoms. The third-order valence-corrected chi connectivity index (χ3v) is 5.85. The maximum absolute atomic E-state index is 5.15. The number of H-pyrrole nitrogens is 1. The van der Waals surface area contributed by atoms with Gasteiger partial charge in [-0.15, -0.1) is 11.8 Å². The van der Waals surface area contributed by atoms with E-state index in [4.69, 9.17) is 12.2 Å². The van der Waals surface area contributed by atoms with Gasteiger partial charge in [-0.2, -0.15) is 11.8 Å². The molecule has 0 bridgehead atoms. The fourth-order valence-corrected chi connectivity index (χ4v) is 4.19.